The van der Waals surface area contributed by atoms with E-state index in [1.54, 1.807) is 6.08 Å². The lowest BCUT2D eigenvalue weighted by atomic mass is 10.2. The molecule has 0 fully saturated rings. The molecule has 2 aromatic rings. The minimum Gasteiger partial charge on any atom is -0.353 e. The quantitative estimate of drug-likeness (QED) is 0.615. The van der Waals surface area contributed by atoms with E-state index in [9.17, 15) is 4.79 Å². The van der Waals surface area contributed by atoms with Gasteiger partial charge in [-0.3, -0.25) is 4.79 Å². The normalized spacial score (nSPS) is 10.2. The van der Waals surface area contributed by atoms with Crippen molar-refractivity contribution in [3.05, 3.63) is 46.4 Å². The summed E-state index contributed by atoms with van der Waals surface area (Å²) in [6.45, 7) is 4.01. The fourth-order valence-electron chi connectivity index (χ4n) is 1.57. The lowest BCUT2D eigenvalue weighted by Gasteiger charge is -1.98. The second kappa shape index (κ2) is 7.18. The van der Waals surface area contributed by atoms with E-state index in [2.05, 4.69) is 44.6 Å². The van der Waals surface area contributed by atoms with Crippen LogP contribution < -0.4 is 5.32 Å². The zero-order chi connectivity index (χ0) is 14.4. The lowest BCUT2D eigenvalue weighted by molar-refractivity contribution is -0.120. The van der Waals surface area contributed by atoms with Crippen molar-refractivity contribution in [1.29, 1.82) is 0 Å². The Morgan fingerprint density at radius 3 is 2.85 bits per heavy atom. The zero-order valence-corrected chi connectivity index (χ0v) is 13.0. The Morgan fingerprint density at radius 2 is 2.15 bits per heavy atom. The summed E-state index contributed by atoms with van der Waals surface area (Å²) < 4.78 is 6.29. The van der Waals surface area contributed by atoms with Gasteiger partial charge < -0.3 is 9.84 Å². The number of aromatic nitrogens is 2. The van der Waals surface area contributed by atoms with Crippen molar-refractivity contribution in [2.75, 3.05) is 6.54 Å². The van der Waals surface area contributed by atoms with Gasteiger partial charge in [0.25, 0.3) is 0 Å². The van der Waals surface area contributed by atoms with Crippen LogP contribution in [0.2, 0.25) is 0 Å². The minimum absolute atomic E-state index is 0.0566. The van der Waals surface area contributed by atoms with Crippen LogP contribution in [0, 0.1) is 3.57 Å². The predicted molar refractivity (Wildman–Crippen MR) is 84.0 cm³/mol. The van der Waals surface area contributed by atoms with E-state index in [-0.39, 0.29) is 5.91 Å². The summed E-state index contributed by atoms with van der Waals surface area (Å²) >= 11 is 2.24. The molecule has 0 spiro atoms. The molecule has 1 heterocycles. The lowest BCUT2D eigenvalue weighted by Crippen LogP contribution is -2.23. The number of nitrogens with one attached hydrogen (secondary N) is 1. The van der Waals surface area contributed by atoms with Crippen molar-refractivity contribution in [1.82, 2.24) is 15.5 Å². The van der Waals surface area contributed by atoms with Crippen LogP contribution in [0.3, 0.4) is 0 Å². The first-order valence-corrected chi connectivity index (χ1v) is 7.23. The summed E-state index contributed by atoms with van der Waals surface area (Å²) in [5.74, 6) is 0.953. The third-order valence-electron chi connectivity index (χ3n) is 2.58. The van der Waals surface area contributed by atoms with Gasteiger partial charge in [0, 0.05) is 28.5 Å². The van der Waals surface area contributed by atoms with E-state index >= 15 is 0 Å². The summed E-state index contributed by atoms with van der Waals surface area (Å²) in [5, 5.41) is 6.62. The van der Waals surface area contributed by atoms with Gasteiger partial charge in [-0.05, 0) is 34.7 Å². The molecule has 104 valence electrons. The van der Waals surface area contributed by atoms with Gasteiger partial charge in [-0.25, -0.2) is 0 Å². The van der Waals surface area contributed by atoms with Gasteiger partial charge in [0.2, 0.25) is 17.6 Å². The number of hydrogen-bond acceptors (Lipinski definition) is 4. The molecule has 1 aromatic carbocycles. The van der Waals surface area contributed by atoms with E-state index < -0.39 is 0 Å². The van der Waals surface area contributed by atoms with Crippen LogP contribution in [-0.2, 0) is 11.2 Å². The molecule has 1 N–H and O–H groups in total. The number of benzene rings is 1. The molecule has 0 aliphatic heterocycles. The molecule has 2 rings (SSSR count). The summed E-state index contributed by atoms with van der Waals surface area (Å²) in [6.07, 6.45) is 2.39. The second-order valence-electron chi connectivity index (χ2n) is 4.11. The van der Waals surface area contributed by atoms with E-state index in [0.717, 1.165) is 9.13 Å². The van der Waals surface area contributed by atoms with Crippen molar-refractivity contribution in [2.24, 2.45) is 0 Å². The second-order valence-corrected chi connectivity index (χ2v) is 5.36. The first kappa shape index (κ1) is 14.7. The number of hydrogen-bond donors (Lipinski definition) is 1. The Bertz CT molecular complexity index is 593. The maximum absolute atomic E-state index is 11.4. The van der Waals surface area contributed by atoms with Crippen LogP contribution >= 0.6 is 22.6 Å². The highest BCUT2D eigenvalue weighted by atomic mass is 127. The molecule has 0 aliphatic rings. The molecule has 0 aliphatic carbocycles. The zero-order valence-electron chi connectivity index (χ0n) is 10.8. The number of nitrogens with zero attached hydrogens (tertiary/aromatic N) is 2. The number of amides is 1. The molecule has 0 atom stereocenters. The van der Waals surface area contributed by atoms with E-state index in [4.69, 9.17) is 4.52 Å². The van der Waals surface area contributed by atoms with Crippen LogP contribution in [-0.4, -0.2) is 22.6 Å². The Morgan fingerprint density at radius 1 is 1.40 bits per heavy atom. The van der Waals surface area contributed by atoms with Crippen LogP contribution in [0.25, 0.3) is 11.4 Å². The number of carbonyl (C=O) groups excluding carboxylic acids is 1. The van der Waals surface area contributed by atoms with E-state index in [1.807, 2.05) is 24.3 Å². The van der Waals surface area contributed by atoms with Gasteiger partial charge >= 0.3 is 0 Å². The number of rotatable bonds is 6. The Balaban J connectivity index is 1.94. The largest absolute Gasteiger partial charge is 0.353 e. The Labute approximate surface area is 130 Å². The first-order valence-electron chi connectivity index (χ1n) is 6.15. The average molecular weight is 383 g/mol. The monoisotopic (exact) mass is 383 g/mol. The van der Waals surface area contributed by atoms with Gasteiger partial charge in [-0.15, -0.1) is 6.58 Å². The number of aryl methyl sites for hydroxylation is 1. The third kappa shape index (κ3) is 4.16. The van der Waals surface area contributed by atoms with Crippen molar-refractivity contribution >= 4 is 28.5 Å². The van der Waals surface area contributed by atoms with E-state index in [1.165, 1.54) is 0 Å². The highest BCUT2D eigenvalue weighted by molar-refractivity contribution is 14.1. The van der Waals surface area contributed by atoms with E-state index in [0.29, 0.717) is 31.1 Å². The molecule has 0 saturated heterocycles. The van der Waals surface area contributed by atoms with Crippen LogP contribution in [0.5, 0.6) is 0 Å². The molecule has 6 heteroatoms. The average Bonchev–Trinajstić information content (AvgIpc) is 2.92. The fourth-order valence-corrected chi connectivity index (χ4v) is 1.93. The van der Waals surface area contributed by atoms with Gasteiger partial charge in [0.1, 0.15) is 0 Å². The fraction of sp³-hybridized carbons (Fsp3) is 0.214. The van der Waals surface area contributed by atoms with Gasteiger partial charge in [0.15, 0.2) is 0 Å². The maximum Gasteiger partial charge on any atom is 0.227 e. The Hall–Kier alpha value is -1.70. The smallest absolute Gasteiger partial charge is 0.227 e. The van der Waals surface area contributed by atoms with Gasteiger partial charge in [-0.2, -0.15) is 4.98 Å². The van der Waals surface area contributed by atoms with Crippen molar-refractivity contribution in [3.8, 4) is 11.4 Å². The standard InChI is InChI=1S/C14H14IN3O2/c1-2-9-16-12(19)7-8-13-17-14(18-20-13)10-3-5-11(15)6-4-10/h2-6H,1,7-9H2,(H,16,19). The van der Waals surface area contributed by atoms with Crippen molar-refractivity contribution < 1.29 is 9.32 Å². The molecule has 0 radical (unpaired) electrons. The third-order valence-corrected chi connectivity index (χ3v) is 3.30. The number of carbonyl (C=O) groups is 1. The molecule has 0 saturated carbocycles. The van der Waals surface area contributed by atoms with Gasteiger partial charge in [-0.1, -0.05) is 23.4 Å². The molecule has 0 bridgehead atoms. The summed E-state index contributed by atoms with van der Waals surface area (Å²) in [7, 11) is 0. The van der Waals surface area contributed by atoms with Gasteiger partial charge in [0.05, 0.1) is 0 Å². The molecule has 20 heavy (non-hydrogen) atoms. The molecule has 1 amide bonds. The molecular weight excluding hydrogens is 369 g/mol. The highest BCUT2D eigenvalue weighted by Crippen LogP contribution is 2.17. The summed E-state index contributed by atoms with van der Waals surface area (Å²) in [5.41, 5.74) is 0.900. The first-order chi connectivity index (χ1) is 9.69. The molecular formula is C14H14IN3O2. The molecule has 0 unspecified atom stereocenters. The van der Waals surface area contributed by atoms with Crippen LogP contribution in [0.15, 0.2) is 41.4 Å². The minimum atomic E-state index is -0.0566. The summed E-state index contributed by atoms with van der Waals surface area (Å²) in [4.78, 5) is 15.7. The van der Waals surface area contributed by atoms with Crippen LogP contribution in [0.1, 0.15) is 12.3 Å². The highest BCUT2D eigenvalue weighted by Gasteiger charge is 2.10. The van der Waals surface area contributed by atoms with Crippen LogP contribution in [0.4, 0.5) is 0 Å². The topological polar surface area (TPSA) is 68.0 Å². The molecule has 1 aromatic heterocycles. The van der Waals surface area contributed by atoms with Crippen molar-refractivity contribution in [2.45, 2.75) is 12.8 Å². The molecule has 5 nitrogen and oxygen atoms in total. The summed E-state index contributed by atoms with van der Waals surface area (Å²) in [6, 6.07) is 7.84. The van der Waals surface area contributed by atoms with Crippen molar-refractivity contribution in [3.63, 3.8) is 0 Å². The Kier molecular flexibility index (Phi) is 5.28. The number of halogens is 1. The predicted octanol–water partition coefficient (Wildman–Crippen LogP) is 2.58. The SMILES string of the molecule is C=CCNC(=O)CCc1nc(-c2ccc(I)cc2)no1. The maximum atomic E-state index is 11.4.